The molecule has 2 heteroatoms. The van der Waals surface area contributed by atoms with Gasteiger partial charge in [0.15, 0.2) is 0 Å². The van der Waals surface area contributed by atoms with Gasteiger partial charge in [0.1, 0.15) is 0 Å². The van der Waals surface area contributed by atoms with E-state index in [-0.39, 0.29) is 11.3 Å². The lowest BCUT2D eigenvalue weighted by atomic mass is 9.71. The summed E-state index contributed by atoms with van der Waals surface area (Å²) in [7, 11) is 0. The Morgan fingerprint density at radius 1 is 1.62 bits per heavy atom. The van der Waals surface area contributed by atoms with Gasteiger partial charge < -0.3 is 4.74 Å². The molecule has 0 heterocycles. The Labute approximate surface area is 98.1 Å². The first-order valence-corrected chi connectivity index (χ1v) is 5.82. The Balaban J connectivity index is 2.72. The van der Waals surface area contributed by atoms with Crippen LogP contribution in [0.3, 0.4) is 0 Å². The van der Waals surface area contributed by atoms with Gasteiger partial charge in [0.25, 0.3) is 0 Å². The Hall–Kier alpha value is -1.23. The van der Waals surface area contributed by atoms with Gasteiger partial charge in [-0.2, -0.15) is 0 Å². The molecular formula is C14H20O2. The summed E-state index contributed by atoms with van der Waals surface area (Å²) in [6.45, 7) is 8.66. The second kappa shape index (κ2) is 5.21. The molecule has 0 amide bonds. The normalized spacial score (nSPS) is 22.8. The molecule has 1 aliphatic rings. The van der Waals surface area contributed by atoms with Gasteiger partial charge in [0.05, 0.1) is 6.61 Å². The predicted molar refractivity (Wildman–Crippen MR) is 64.7 cm³/mol. The van der Waals surface area contributed by atoms with E-state index in [1.807, 2.05) is 0 Å². The van der Waals surface area contributed by atoms with Crippen LogP contribution < -0.4 is 0 Å². The highest BCUT2D eigenvalue weighted by molar-refractivity contribution is 5.88. The quantitative estimate of drug-likeness (QED) is 0.294. The summed E-state index contributed by atoms with van der Waals surface area (Å²) < 4.78 is 4.79. The smallest absolute Gasteiger partial charge is 0.384 e. The number of carbonyl (C=O) groups excluding carboxylic acids is 1. The van der Waals surface area contributed by atoms with Crippen LogP contribution in [0.2, 0.25) is 0 Å². The van der Waals surface area contributed by atoms with Crippen molar-refractivity contribution in [1.82, 2.24) is 0 Å². The van der Waals surface area contributed by atoms with Crippen molar-refractivity contribution in [3.8, 4) is 11.8 Å². The van der Waals surface area contributed by atoms with Crippen LogP contribution in [0, 0.1) is 23.2 Å². The summed E-state index contributed by atoms with van der Waals surface area (Å²) >= 11 is 0. The molecule has 1 aliphatic carbocycles. The van der Waals surface area contributed by atoms with E-state index in [9.17, 15) is 4.79 Å². The minimum Gasteiger partial charge on any atom is -0.456 e. The fourth-order valence-electron chi connectivity index (χ4n) is 2.12. The first-order chi connectivity index (χ1) is 7.45. The maximum absolute atomic E-state index is 11.1. The molecule has 0 aliphatic heterocycles. The van der Waals surface area contributed by atoms with Gasteiger partial charge in [-0.05, 0) is 32.1 Å². The van der Waals surface area contributed by atoms with E-state index in [4.69, 9.17) is 4.74 Å². The summed E-state index contributed by atoms with van der Waals surface area (Å²) in [4.78, 5) is 11.1. The average molecular weight is 220 g/mol. The number of esters is 1. The van der Waals surface area contributed by atoms with Gasteiger partial charge in [-0.15, -0.1) is 0 Å². The van der Waals surface area contributed by atoms with E-state index in [2.05, 4.69) is 38.7 Å². The highest BCUT2D eigenvalue weighted by Gasteiger charge is 2.29. The summed E-state index contributed by atoms with van der Waals surface area (Å²) in [5.41, 5.74) is 1.47. The molecule has 88 valence electrons. The van der Waals surface area contributed by atoms with E-state index in [0.29, 0.717) is 6.61 Å². The molecule has 0 spiro atoms. The molecule has 0 aromatic carbocycles. The monoisotopic (exact) mass is 220 g/mol. The maximum Gasteiger partial charge on any atom is 0.384 e. The number of hydrogen-bond donors (Lipinski definition) is 0. The summed E-state index contributed by atoms with van der Waals surface area (Å²) in [5, 5.41) is 0. The molecule has 0 saturated heterocycles. The number of allylic oxidation sites excluding steroid dienone is 2. The lowest BCUT2D eigenvalue weighted by molar-refractivity contribution is -0.136. The Bertz CT molecular complexity index is 353. The van der Waals surface area contributed by atoms with E-state index in [0.717, 1.165) is 12.8 Å². The molecule has 0 bridgehead atoms. The number of ether oxygens (including phenoxy) is 1. The van der Waals surface area contributed by atoms with Gasteiger partial charge in [-0.25, -0.2) is 4.79 Å². The molecule has 0 fully saturated rings. The van der Waals surface area contributed by atoms with Crippen LogP contribution in [-0.2, 0) is 9.53 Å². The van der Waals surface area contributed by atoms with Gasteiger partial charge in [0, 0.05) is 11.8 Å². The van der Waals surface area contributed by atoms with E-state index in [1.165, 1.54) is 5.57 Å². The molecular weight excluding hydrogens is 200 g/mol. The van der Waals surface area contributed by atoms with Crippen molar-refractivity contribution >= 4 is 5.97 Å². The number of hydrogen-bond acceptors (Lipinski definition) is 2. The standard InChI is InChI=1S/C14H20O2/c1-5-16-13(15)9-8-12-7-6-11(2)10-14(12,3)4/h10,12H,5-7H2,1-4H3. The zero-order valence-electron chi connectivity index (χ0n) is 10.6. The maximum atomic E-state index is 11.1. The van der Waals surface area contributed by atoms with Crippen LogP contribution in [0.5, 0.6) is 0 Å². The second-order valence-electron chi connectivity index (χ2n) is 4.89. The van der Waals surface area contributed by atoms with E-state index >= 15 is 0 Å². The third-order valence-electron chi connectivity index (χ3n) is 2.97. The van der Waals surface area contributed by atoms with Crippen molar-refractivity contribution in [1.29, 1.82) is 0 Å². The van der Waals surface area contributed by atoms with Gasteiger partial charge in [-0.1, -0.05) is 31.4 Å². The molecule has 1 rings (SSSR count). The van der Waals surface area contributed by atoms with Gasteiger partial charge >= 0.3 is 5.97 Å². The molecule has 0 saturated carbocycles. The Morgan fingerprint density at radius 2 is 2.31 bits per heavy atom. The first kappa shape index (κ1) is 12.8. The fourth-order valence-corrected chi connectivity index (χ4v) is 2.12. The molecule has 1 atom stereocenters. The first-order valence-electron chi connectivity index (χ1n) is 5.82. The third kappa shape index (κ3) is 3.41. The fraction of sp³-hybridized carbons (Fsp3) is 0.643. The zero-order valence-corrected chi connectivity index (χ0v) is 10.6. The molecule has 0 N–H and O–H groups in total. The van der Waals surface area contributed by atoms with Crippen molar-refractivity contribution in [2.24, 2.45) is 11.3 Å². The van der Waals surface area contributed by atoms with Gasteiger partial charge in [0.2, 0.25) is 0 Å². The lowest BCUT2D eigenvalue weighted by Gasteiger charge is -2.32. The topological polar surface area (TPSA) is 26.3 Å². The minimum absolute atomic E-state index is 0.0574. The van der Waals surface area contributed by atoms with Crippen LogP contribution in [-0.4, -0.2) is 12.6 Å². The average Bonchev–Trinajstić information content (AvgIpc) is 2.15. The molecule has 16 heavy (non-hydrogen) atoms. The SMILES string of the molecule is CCOC(=O)C#CC1CCC(C)=CC1(C)C. The number of rotatable bonds is 1. The van der Waals surface area contributed by atoms with Crippen molar-refractivity contribution in [3.05, 3.63) is 11.6 Å². The second-order valence-corrected chi connectivity index (χ2v) is 4.89. The minimum atomic E-state index is -0.412. The molecule has 0 aromatic rings. The van der Waals surface area contributed by atoms with E-state index in [1.54, 1.807) is 6.92 Å². The molecule has 0 radical (unpaired) electrons. The zero-order chi connectivity index (χ0) is 12.2. The Morgan fingerprint density at radius 3 is 2.88 bits per heavy atom. The highest BCUT2D eigenvalue weighted by atomic mass is 16.5. The molecule has 0 aromatic heterocycles. The lowest BCUT2D eigenvalue weighted by Crippen LogP contribution is -2.24. The highest BCUT2D eigenvalue weighted by Crippen LogP contribution is 2.38. The third-order valence-corrected chi connectivity index (χ3v) is 2.97. The predicted octanol–water partition coefficient (Wildman–Crippen LogP) is 2.94. The molecule has 2 nitrogen and oxygen atoms in total. The van der Waals surface area contributed by atoms with Gasteiger partial charge in [-0.3, -0.25) is 0 Å². The van der Waals surface area contributed by atoms with Crippen molar-refractivity contribution in [2.45, 2.75) is 40.5 Å². The molecule has 1 unspecified atom stereocenters. The summed E-state index contributed by atoms with van der Waals surface area (Å²) in [6, 6.07) is 0. The van der Waals surface area contributed by atoms with Crippen LogP contribution in [0.4, 0.5) is 0 Å². The van der Waals surface area contributed by atoms with Crippen molar-refractivity contribution in [3.63, 3.8) is 0 Å². The van der Waals surface area contributed by atoms with E-state index < -0.39 is 5.97 Å². The largest absolute Gasteiger partial charge is 0.456 e. The Kier molecular flexibility index (Phi) is 4.18. The van der Waals surface area contributed by atoms with Crippen LogP contribution in [0.1, 0.15) is 40.5 Å². The van der Waals surface area contributed by atoms with Crippen molar-refractivity contribution < 1.29 is 9.53 Å². The summed E-state index contributed by atoms with van der Waals surface area (Å²) in [5.74, 6) is 5.47. The number of carbonyl (C=O) groups is 1. The van der Waals surface area contributed by atoms with Crippen LogP contribution in [0.15, 0.2) is 11.6 Å². The van der Waals surface area contributed by atoms with Crippen LogP contribution >= 0.6 is 0 Å². The van der Waals surface area contributed by atoms with Crippen molar-refractivity contribution in [2.75, 3.05) is 6.61 Å². The summed E-state index contributed by atoms with van der Waals surface area (Å²) in [6.07, 6.45) is 4.37. The van der Waals surface area contributed by atoms with Crippen LogP contribution in [0.25, 0.3) is 0 Å².